The number of fused-ring (bicyclic) bond motifs is 1. The second-order valence-electron chi connectivity index (χ2n) is 6.51. The van der Waals surface area contributed by atoms with Crippen LogP contribution in [0.2, 0.25) is 0 Å². The molecule has 0 fully saturated rings. The summed E-state index contributed by atoms with van der Waals surface area (Å²) in [6.45, 7) is 3.55. The molecule has 2 aromatic heterocycles. The van der Waals surface area contributed by atoms with E-state index in [0.29, 0.717) is 17.5 Å². The maximum Gasteiger partial charge on any atom is 0.225 e. The minimum atomic E-state index is -0.113. The second-order valence-corrected chi connectivity index (χ2v) is 6.51. The molecule has 2 N–H and O–H groups in total. The van der Waals surface area contributed by atoms with Gasteiger partial charge in [0.15, 0.2) is 0 Å². The molecule has 2 heterocycles. The molecule has 7 heteroatoms. The van der Waals surface area contributed by atoms with Gasteiger partial charge < -0.3 is 10.6 Å². The topological polar surface area (TPSA) is 84.7 Å². The minimum absolute atomic E-state index is 0.0798. The first-order chi connectivity index (χ1) is 13.6. The van der Waals surface area contributed by atoms with Crippen LogP contribution < -0.4 is 10.6 Å². The molecule has 4 rings (SSSR count). The third-order valence-electron chi connectivity index (χ3n) is 4.40. The molecule has 0 aliphatic rings. The molecule has 0 radical (unpaired) electrons. The number of carbonyl (C=O) groups excluding carboxylic acids is 1. The molecule has 140 valence electrons. The number of imidazole rings is 1. The van der Waals surface area contributed by atoms with Gasteiger partial charge in [-0.2, -0.15) is 4.98 Å². The number of carbonyl (C=O) groups is 1. The van der Waals surface area contributed by atoms with Crippen LogP contribution in [0.4, 0.5) is 11.6 Å². The molecule has 0 saturated heterocycles. The van der Waals surface area contributed by atoms with Crippen molar-refractivity contribution in [2.24, 2.45) is 0 Å². The highest BCUT2D eigenvalue weighted by Crippen LogP contribution is 2.22. The quantitative estimate of drug-likeness (QED) is 0.554. The Kier molecular flexibility index (Phi) is 4.72. The molecular formula is C21H20N6O. The van der Waals surface area contributed by atoms with Crippen LogP contribution in [0.3, 0.4) is 0 Å². The molecule has 7 nitrogen and oxygen atoms in total. The van der Waals surface area contributed by atoms with E-state index in [0.717, 1.165) is 16.6 Å². The molecular weight excluding hydrogens is 352 g/mol. The first-order valence-corrected chi connectivity index (χ1v) is 9.00. The summed E-state index contributed by atoms with van der Waals surface area (Å²) in [6.07, 6.45) is 3.44. The van der Waals surface area contributed by atoms with Crippen molar-refractivity contribution < 1.29 is 4.79 Å². The predicted molar refractivity (Wildman–Crippen MR) is 109 cm³/mol. The number of rotatable bonds is 5. The molecule has 0 saturated carbocycles. The van der Waals surface area contributed by atoms with E-state index < -0.39 is 0 Å². The van der Waals surface area contributed by atoms with Crippen molar-refractivity contribution in [2.45, 2.75) is 19.9 Å². The second kappa shape index (κ2) is 7.48. The number of benzene rings is 2. The first kappa shape index (κ1) is 17.7. The van der Waals surface area contributed by atoms with Crippen LogP contribution in [0.25, 0.3) is 16.9 Å². The maximum atomic E-state index is 11.2. The Hall–Kier alpha value is -3.74. The zero-order valence-corrected chi connectivity index (χ0v) is 15.6. The Morgan fingerprint density at radius 2 is 1.89 bits per heavy atom. The fourth-order valence-electron chi connectivity index (χ4n) is 3.05. The normalized spacial score (nSPS) is 11.9. The number of amides is 1. The molecule has 0 bridgehead atoms. The summed E-state index contributed by atoms with van der Waals surface area (Å²) >= 11 is 0. The van der Waals surface area contributed by atoms with Crippen molar-refractivity contribution in [3.05, 3.63) is 72.7 Å². The Bertz CT molecular complexity index is 1120. The summed E-state index contributed by atoms with van der Waals surface area (Å²) in [5.74, 6) is 1.15. The van der Waals surface area contributed by atoms with E-state index in [2.05, 4.69) is 44.6 Å². The van der Waals surface area contributed by atoms with E-state index in [1.807, 2.05) is 47.0 Å². The molecule has 0 unspecified atom stereocenters. The highest BCUT2D eigenvalue weighted by molar-refractivity contribution is 5.91. The van der Waals surface area contributed by atoms with Crippen LogP contribution in [-0.4, -0.2) is 25.4 Å². The summed E-state index contributed by atoms with van der Waals surface area (Å²) in [6, 6.07) is 17.7. The summed E-state index contributed by atoms with van der Waals surface area (Å²) in [5, 5.41) is 6.10. The average molecular weight is 372 g/mol. The van der Waals surface area contributed by atoms with Gasteiger partial charge in [0, 0.05) is 18.8 Å². The Balaban J connectivity index is 1.61. The van der Waals surface area contributed by atoms with Crippen molar-refractivity contribution in [3.8, 4) is 5.82 Å². The number of hydrogen-bond donors (Lipinski definition) is 2. The van der Waals surface area contributed by atoms with Crippen molar-refractivity contribution in [1.29, 1.82) is 0 Å². The van der Waals surface area contributed by atoms with Crippen molar-refractivity contribution >= 4 is 28.6 Å². The lowest BCUT2D eigenvalue weighted by Crippen LogP contribution is -2.10. The van der Waals surface area contributed by atoms with Crippen molar-refractivity contribution in [1.82, 2.24) is 19.5 Å². The van der Waals surface area contributed by atoms with Crippen molar-refractivity contribution in [3.63, 3.8) is 0 Å². The van der Waals surface area contributed by atoms with E-state index in [9.17, 15) is 4.79 Å². The number of anilines is 2. The summed E-state index contributed by atoms with van der Waals surface area (Å²) < 4.78 is 1.90. The van der Waals surface area contributed by atoms with Crippen LogP contribution in [0.1, 0.15) is 25.5 Å². The molecule has 4 aromatic rings. The minimum Gasteiger partial charge on any atom is -0.348 e. The van der Waals surface area contributed by atoms with Gasteiger partial charge in [-0.05, 0) is 36.8 Å². The third kappa shape index (κ3) is 3.68. The maximum absolute atomic E-state index is 11.2. The molecule has 28 heavy (non-hydrogen) atoms. The third-order valence-corrected chi connectivity index (χ3v) is 4.40. The van der Waals surface area contributed by atoms with Crippen LogP contribution >= 0.6 is 0 Å². The van der Waals surface area contributed by atoms with Crippen LogP contribution in [0.15, 0.2) is 67.1 Å². The van der Waals surface area contributed by atoms with Crippen LogP contribution in [0, 0.1) is 0 Å². The fraction of sp³-hybridized carbons (Fsp3) is 0.143. The number of hydrogen-bond acceptors (Lipinski definition) is 5. The molecule has 1 amide bonds. The van der Waals surface area contributed by atoms with Gasteiger partial charge in [-0.3, -0.25) is 9.36 Å². The highest BCUT2D eigenvalue weighted by Gasteiger charge is 2.10. The molecule has 0 spiro atoms. The van der Waals surface area contributed by atoms with E-state index in [1.54, 1.807) is 12.5 Å². The Morgan fingerprint density at radius 3 is 2.68 bits per heavy atom. The van der Waals surface area contributed by atoms with E-state index >= 15 is 0 Å². The van der Waals surface area contributed by atoms with Gasteiger partial charge in [0.25, 0.3) is 0 Å². The smallest absolute Gasteiger partial charge is 0.225 e. The van der Waals surface area contributed by atoms with Crippen molar-refractivity contribution in [2.75, 3.05) is 10.6 Å². The Labute approximate surface area is 162 Å². The molecule has 2 aromatic carbocycles. The van der Waals surface area contributed by atoms with Gasteiger partial charge in [0.05, 0.1) is 17.1 Å². The van der Waals surface area contributed by atoms with Gasteiger partial charge in [0.1, 0.15) is 12.1 Å². The molecule has 0 aliphatic carbocycles. The summed E-state index contributed by atoms with van der Waals surface area (Å²) in [7, 11) is 0. The summed E-state index contributed by atoms with van der Waals surface area (Å²) in [5.41, 5.74) is 3.55. The van der Waals surface area contributed by atoms with Gasteiger partial charge in [-0.15, -0.1) is 0 Å². The zero-order chi connectivity index (χ0) is 19.5. The lowest BCUT2D eigenvalue weighted by atomic mass is 10.1. The number of nitrogens with zero attached hydrogens (tertiary/aromatic N) is 4. The SMILES string of the molecule is CC(=O)Nc1ccc2c(c1)ncn2-c1ccnc(N[C@@H](C)c2ccccc2)n1. The van der Waals surface area contributed by atoms with Gasteiger partial charge >= 0.3 is 0 Å². The molecule has 1 atom stereocenters. The lowest BCUT2D eigenvalue weighted by molar-refractivity contribution is -0.114. The lowest BCUT2D eigenvalue weighted by Gasteiger charge is -2.14. The van der Waals surface area contributed by atoms with Gasteiger partial charge in [-0.25, -0.2) is 9.97 Å². The molecule has 0 aliphatic heterocycles. The fourth-order valence-corrected chi connectivity index (χ4v) is 3.05. The highest BCUT2D eigenvalue weighted by atomic mass is 16.1. The number of nitrogens with one attached hydrogen (secondary N) is 2. The van der Waals surface area contributed by atoms with Crippen LogP contribution in [-0.2, 0) is 4.79 Å². The van der Waals surface area contributed by atoms with E-state index in [1.165, 1.54) is 6.92 Å². The zero-order valence-electron chi connectivity index (χ0n) is 15.6. The first-order valence-electron chi connectivity index (χ1n) is 9.00. The van der Waals surface area contributed by atoms with Gasteiger partial charge in [-0.1, -0.05) is 30.3 Å². The van der Waals surface area contributed by atoms with E-state index in [4.69, 9.17) is 0 Å². The summed E-state index contributed by atoms with van der Waals surface area (Å²) in [4.78, 5) is 24.6. The Morgan fingerprint density at radius 1 is 1.07 bits per heavy atom. The predicted octanol–water partition coefficient (Wildman–Crippen LogP) is 3.95. The van der Waals surface area contributed by atoms with Crippen LogP contribution in [0.5, 0.6) is 0 Å². The number of aromatic nitrogens is 4. The largest absolute Gasteiger partial charge is 0.348 e. The monoisotopic (exact) mass is 372 g/mol. The standard InChI is InChI=1S/C21H20N6O/c1-14(16-6-4-3-5-7-16)24-21-22-11-10-20(26-21)27-13-23-18-12-17(25-15(2)28)8-9-19(18)27/h3-14H,1-2H3,(H,25,28)(H,22,24,26)/t14-/m0/s1. The van der Waals surface area contributed by atoms with Gasteiger partial charge in [0.2, 0.25) is 11.9 Å². The van der Waals surface area contributed by atoms with E-state index in [-0.39, 0.29) is 11.9 Å². The average Bonchev–Trinajstić information content (AvgIpc) is 3.11.